The predicted octanol–water partition coefficient (Wildman–Crippen LogP) is 2.77. The van der Waals surface area contributed by atoms with Crippen LogP contribution in [0.1, 0.15) is 12.0 Å². The molecule has 0 atom stereocenters. The number of alkyl halides is 2. The molecule has 0 aliphatic heterocycles. The Bertz CT molecular complexity index is 319. The van der Waals surface area contributed by atoms with Gasteiger partial charge in [-0.3, -0.25) is 0 Å². The Kier molecular flexibility index (Phi) is 3.34. The van der Waals surface area contributed by atoms with Crippen molar-refractivity contribution >= 4 is 22.6 Å². The number of nitrogens with zero attached hydrogens (tertiary/aromatic N) is 1. The lowest BCUT2D eigenvalue weighted by Crippen LogP contribution is -2.01. The quantitative estimate of drug-likeness (QED) is 0.619. The zero-order valence-corrected chi connectivity index (χ0v) is 8.68. The number of hydrogen-bond donors (Lipinski definition) is 0. The summed E-state index contributed by atoms with van der Waals surface area (Å²) < 4.78 is 42.1. The highest BCUT2D eigenvalue weighted by Gasteiger charge is 2.21. The van der Waals surface area contributed by atoms with Crippen LogP contribution in [0.4, 0.5) is 13.2 Å². The highest BCUT2D eigenvalue weighted by molar-refractivity contribution is 14.1. The number of ether oxygens (including phenoxy) is 1. The maximum absolute atomic E-state index is 12.8. The van der Waals surface area contributed by atoms with Crippen LogP contribution in [-0.2, 0) is 0 Å². The molecule has 0 unspecified atom stereocenters. The third-order valence-electron chi connectivity index (χ3n) is 1.41. The van der Waals surface area contributed by atoms with Crippen LogP contribution < -0.4 is 4.74 Å². The maximum atomic E-state index is 12.8. The normalized spacial score (nSPS) is 10.6. The number of halogens is 4. The van der Waals surface area contributed by atoms with Crippen molar-refractivity contribution in [3.8, 4) is 5.75 Å². The van der Waals surface area contributed by atoms with Crippen LogP contribution in [0, 0.1) is 9.52 Å². The molecule has 0 saturated carbocycles. The molecular weight excluding hydrogens is 298 g/mol. The van der Waals surface area contributed by atoms with Gasteiger partial charge >= 0.3 is 0 Å². The van der Waals surface area contributed by atoms with E-state index < -0.39 is 17.9 Å². The van der Waals surface area contributed by atoms with Crippen LogP contribution in [0.25, 0.3) is 0 Å². The molecule has 0 aliphatic carbocycles. The van der Waals surface area contributed by atoms with Gasteiger partial charge in [0.05, 0.1) is 22.4 Å². The van der Waals surface area contributed by atoms with E-state index in [-0.39, 0.29) is 9.32 Å². The van der Waals surface area contributed by atoms with E-state index in [1.54, 1.807) is 22.6 Å². The van der Waals surface area contributed by atoms with Crippen molar-refractivity contribution in [1.82, 2.24) is 4.98 Å². The molecule has 1 aromatic heterocycles. The van der Waals surface area contributed by atoms with Crippen LogP contribution in [0.5, 0.6) is 5.75 Å². The number of hydrogen-bond acceptors (Lipinski definition) is 2. The molecule has 1 heterocycles. The predicted molar refractivity (Wildman–Crippen MR) is 48.4 cm³/mol. The van der Waals surface area contributed by atoms with Crippen molar-refractivity contribution < 1.29 is 17.9 Å². The Morgan fingerprint density at radius 3 is 2.62 bits per heavy atom. The molecule has 0 amide bonds. The molecule has 13 heavy (non-hydrogen) atoms. The minimum absolute atomic E-state index is 0.0580. The minimum Gasteiger partial charge on any atom is -0.494 e. The third kappa shape index (κ3) is 2.04. The van der Waals surface area contributed by atoms with E-state index in [1.165, 1.54) is 7.11 Å². The average molecular weight is 303 g/mol. The number of aromatic nitrogens is 1. The third-order valence-corrected chi connectivity index (χ3v) is 2.52. The molecule has 0 radical (unpaired) electrons. The molecule has 1 rings (SSSR count). The first-order valence-electron chi connectivity index (χ1n) is 3.24. The summed E-state index contributed by atoms with van der Waals surface area (Å²) in [6, 6.07) is 0. The standard InChI is InChI=1S/C7H5F3INO/c1-13-3-2-12-7(10)4(5(3)11)6(8)9/h2,6H,1H3. The second-order valence-corrected chi connectivity index (χ2v) is 3.22. The molecular formula is C7H5F3INO. The van der Waals surface area contributed by atoms with Gasteiger partial charge in [-0.2, -0.15) is 4.39 Å². The molecule has 0 spiro atoms. The lowest BCUT2D eigenvalue weighted by Gasteiger charge is -2.07. The highest BCUT2D eigenvalue weighted by Crippen LogP contribution is 2.31. The number of pyridine rings is 1. The molecule has 72 valence electrons. The van der Waals surface area contributed by atoms with Gasteiger partial charge in [-0.25, -0.2) is 13.8 Å². The molecule has 0 aliphatic rings. The van der Waals surface area contributed by atoms with E-state index in [2.05, 4.69) is 4.98 Å². The van der Waals surface area contributed by atoms with E-state index in [0.717, 1.165) is 6.20 Å². The van der Waals surface area contributed by atoms with E-state index in [4.69, 9.17) is 4.74 Å². The average Bonchev–Trinajstić information content (AvgIpc) is 2.04. The van der Waals surface area contributed by atoms with E-state index in [9.17, 15) is 13.2 Å². The van der Waals surface area contributed by atoms with E-state index in [0.29, 0.717) is 0 Å². The van der Waals surface area contributed by atoms with Crippen LogP contribution in [-0.4, -0.2) is 12.1 Å². The van der Waals surface area contributed by atoms with Crippen LogP contribution in [0.3, 0.4) is 0 Å². The Labute approximate surface area is 86.3 Å². The number of rotatable bonds is 2. The van der Waals surface area contributed by atoms with Gasteiger partial charge in [0.25, 0.3) is 6.43 Å². The number of methoxy groups -OCH3 is 1. The molecule has 6 heteroatoms. The second-order valence-electron chi connectivity index (χ2n) is 2.15. The molecule has 2 nitrogen and oxygen atoms in total. The van der Waals surface area contributed by atoms with Gasteiger partial charge in [0.2, 0.25) is 5.95 Å². The van der Waals surface area contributed by atoms with Gasteiger partial charge < -0.3 is 4.74 Å². The Hall–Kier alpha value is -0.530. The first-order valence-corrected chi connectivity index (χ1v) is 4.31. The second kappa shape index (κ2) is 4.12. The van der Waals surface area contributed by atoms with Crippen LogP contribution >= 0.6 is 22.6 Å². The summed E-state index contributed by atoms with van der Waals surface area (Å²) in [4.78, 5) is 3.16. The summed E-state index contributed by atoms with van der Waals surface area (Å²) in [6.07, 6.45) is -1.81. The summed E-state index contributed by atoms with van der Waals surface area (Å²) >= 11 is 1.60. The SMILES string of the molecule is COc1cnc(F)c(C(F)F)c1I. The Balaban J connectivity index is 3.30. The fourth-order valence-electron chi connectivity index (χ4n) is 0.793. The van der Waals surface area contributed by atoms with Crippen LogP contribution in [0.15, 0.2) is 6.20 Å². The first kappa shape index (κ1) is 10.6. The largest absolute Gasteiger partial charge is 0.494 e. The van der Waals surface area contributed by atoms with Crippen molar-refractivity contribution in [2.24, 2.45) is 0 Å². The van der Waals surface area contributed by atoms with Gasteiger partial charge in [-0.05, 0) is 22.6 Å². The maximum Gasteiger partial charge on any atom is 0.269 e. The monoisotopic (exact) mass is 303 g/mol. The fourth-order valence-corrected chi connectivity index (χ4v) is 1.61. The molecule has 0 saturated heterocycles. The van der Waals surface area contributed by atoms with E-state index >= 15 is 0 Å². The molecule has 0 fully saturated rings. The first-order chi connectivity index (χ1) is 6.07. The highest BCUT2D eigenvalue weighted by atomic mass is 127. The summed E-state index contributed by atoms with van der Waals surface area (Å²) in [5, 5.41) is 0. The van der Waals surface area contributed by atoms with Gasteiger partial charge in [-0.1, -0.05) is 0 Å². The van der Waals surface area contributed by atoms with Gasteiger partial charge in [-0.15, -0.1) is 0 Å². The Morgan fingerprint density at radius 2 is 2.15 bits per heavy atom. The Morgan fingerprint density at radius 1 is 1.54 bits per heavy atom. The van der Waals surface area contributed by atoms with Crippen molar-refractivity contribution in [3.63, 3.8) is 0 Å². The fraction of sp³-hybridized carbons (Fsp3) is 0.286. The van der Waals surface area contributed by atoms with E-state index in [1.807, 2.05) is 0 Å². The van der Waals surface area contributed by atoms with Gasteiger partial charge in [0.15, 0.2) is 5.75 Å². The zero-order valence-electron chi connectivity index (χ0n) is 6.52. The van der Waals surface area contributed by atoms with Gasteiger partial charge in [0, 0.05) is 0 Å². The van der Waals surface area contributed by atoms with Gasteiger partial charge in [0.1, 0.15) is 0 Å². The molecule has 0 aromatic carbocycles. The van der Waals surface area contributed by atoms with Crippen LogP contribution in [0.2, 0.25) is 0 Å². The summed E-state index contributed by atoms with van der Waals surface area (Å²) in [7, 11) is 1.31. The van der Waals surface area contributed by atoms with Crippen molar-refractivity contribution in [2.75, 3.05) is 7.11 Å². The van der Waals surface area contributed by atoms with Crippen molar-refractivity contribution in [1.29, 1.82) is 0 Å². The summed E-state index contributed by atoms with van der Waals surface area (Å²) in [6.45, 7) is 0. The topological polar surface area (TPSA) is 22.1 Å². The molecule has 0 N–H and O–H groups in total. The lowest BCUT2D eigenvalue weighted by atomic mass is 10.3. The van der Waals surface area contributed by atoms with Crippen molar-refractivity contribution in [2.45, 2.75) is 6.43 Å². The summed E-state index contributed by atoms with van der Waals surface area (Å²) in [5.74, 6) is -1.00. The van der Waals surface area contributed by atoms with Crippen molar-refractivity contribution in [3.05, 3.63) is 21.3 Å². The molecule has 1 aromatic rings. The summed E-state index contributed by atoms with van der Waals surface area (Å²) in [5.41, 5.74) is -0.708. The smallest absolute Gasteiger partial charge is 0.269 e. The zero-order chi connectivity index (χ0) is 10.0. The minimum atomic E-state index is -2.88. The molecule has 0 bridgehead atoms. The lowest BCUT2D eigenvalue weighted by molar-refractivity contribution is 0.143.